The first-order valence-corrected chi connectivity index (χ1v) is 11.6. The van der Waals surface area contributed by atoms with Gasteiger partial charge in [0.1, 0.15) is 22.4 Å². The molecule has 176 valence electrons. The smallest absolute Gasteiger partial charge is 0.157 e. The van der Waals surface area contributed by atoms with Gasteiger partial charge in [-0.05, 0) is 53.0 Å². The maximum atomic E-state index is 6.31. The molecule has 0 heterocycles. The molecule has 0 amide bonds. The maximum absolute atomic E-state index is 6.31. The second kappa shape index (κ2) is 14.3. The SMILES string of the molecule is CCC(COCCCC(C)Oc1c(Cl)cc(OCC=C(Cl)Cl)cc1Cl)=NOC(C)(C)C. The summed E-state index contributed by atoms with van der Waals surface area (Å²) in [7, 11) is 0. The minimum Gasteiger partial charge on any atom is -0.489 e. The zero-order valence-corrected chi connectivity index (χ0v) is 21.7. The minimum absolute atomic E-state index is 0.0908. The molecule has 9 heteroatoms. The average molecular weight is 515 g/mol. The van der Waals surface area contributed by atoms with Crippen molar-refractivity contribution < 1.29 is 19.0 Å². The van der Waals surface area contributed by atoms with Gasteiger partial charge >= 0.3 is 0 Å². The number of halogens is 4. The number of hydrogen-bond acceptors (Lipinski definition) is 5. The first kappa shape index (κ1) is 28.2. The lowest BCUT2D eigenvalue weighted by Gasteiger charge is -2.18. The summed E-state index contributed by atoms with van der Waals surface area (Å²) in [5.41, 5.74) is 0.568. The number of ether oxygens (including phenoxy) is 3. The maximum Gasteiger partial charge on any atom is 0.157 e. The van der Waals surface area contributed by atoms with Crippen molar-refractivity contribution in [2.75, 3.05) is 19.8 Å². The number of hydrogen-bond donors (Lipinski definition) is 0. The van der Waals surface area contributed by atoms with Crippen molar-refractivity contribution in [1.82, 2.24) is 0 Å². The summed E-state index contributed by atoms with van der Waals surface area (Å²) in [6, 6.07) is 3.28. The van der Waals surface area contributed by atoms with Crippen LogP contribution >= 0.6 is 46.4 Å². The number of nitrogens with zero attached hydrogens (tertiary/aromatic N) is 1. The molecule has 1 unspecified atom stereocenters. The summed E-state index contributed by atoms with van der Waals surface area (Å²) in [5, 5.41) is 4.91. The number of oxime groups is 1. The Labute approximate surface area is 205 Å². The van der Waals surface area contributed by atoms with E-state index in [0.717, 1.165) is 25.0 Å². The molecule has 1 atom stereocenters. The molecule has 0 N–H and O–H groups in total. The Morgan fingerprint density at radius 2 is 1.81 bits per heavy atom. The van der Waals surface area contributed by atoms with Crippen LogP contribution in [0.1, 0.15) is 53.9 Å². The molecule has 0 aliphatic carbocycles. The van der Waals surface area contributed by atoms with Crippen LogP contribution in [-0.2, 0) is 9.57 Å². The van der Waals surface area contributed by atoms with E-state index in [4.69, 9.17) is 65.5 Å². The molecule has 0 radical (unpaired) electrons. The highest BCUT2D eigenvalue weighted by Crippen LogP contribution is 2.37. The van der Waals surface area contributed by atoms with Crippen LogP contribution in [0.5, 0.6) is 11.5 Å². The van der Waals surface area contributed by atoms with Crippen LogP contribution in [0.4, 0.5) is 0 Å². The second-order valence-electron chi connectivity index (χ2n) is 7.86. The zero-order valence-electron chi connectivity index (χ0n) is 18.6. The largest absolute Gasteiger partial charge is 0.489 e. The Kier molecular flexibility index (Phi) is 13.0. The standard InChI is InChI=1S/C22H31Cl4NO4/c1-6-16(27-31-22(3,4)5)14-28-10-7-8-15(2)30-21-18(23)12-17(13-19(21)24)29-11-9-20(25)26/h9,12-13,15H,6-8,10-11,14H2,1-5H3. The van der Waals surface area contributed by atoms with Crippen molar-refractivity contribution in [2.24, 2.45) is 5.16 Å². The normalized spacial score (nSPS) is 13.0. The molecular weight excluding hydrogens is 484 g/mol. The lowest BCUT2D eigenvalue weighted by Crippen LogP contribution is -2.19. The van der Waals surface area contributed by atoms with Crippen molar-refractivity contribution in [1.29, 1.82) is 0 Å². The molecule has 1 rings (SSSR count). The fourth-order valence-corrected chi connectivity index (χ4v) is 2.93. The van der Waals surface area contributed by atoms with Gasteiger partial charge in [-0.2, -0.15) is 0 Å². The molecular formula is C22H31Cl4NO4. The Balaban J connectivity index is 2.44. The Hall–Kier alpha value is -0.850. The minimum atomic E-state index is -0.310. The monoisotopic (exact) mass is 513 g/mol. The van der Waals surface area contributed by atoms with Crippen molar-refractivity contribution in [2.45, 2.75) is 65.6 Å². The molecule has 0 spiro atoms. The van der Waals surface area contributed by atoms with E-state index in [1.807, 2.05) is 34.6 Å². The van der Waals surface area contributed by atoms with Gasteiger partial charge in [0, 0.05) is 18.7 Å². The van der Waals surface area contributed by atoms with E-state index in [-0.39, 0.29) is 22.8 Å². The van der Waals surface area contributed by atoms with Gasteiger partial charge in [-0.1, -0.05) is 58.5 Å². The van der Waals surface area contributed by atoms with Crippen molar-refractivity contribution >= 4 is 52.1 Å². The molecule has 0 saturated carbocycles. The van der Waals surface area contributed by atoms with Crippen LogP contribution in [0.2, 0.25) is 10.0 Å². The van der Waals surface area contributed by atoms with Crippen LogP contribution in [-0.4, -0.2) is 37.2 Å². The summed E-state index contributed by atoms with van der Waals surface area (Å²) < 4.78 is 17.3. The van der Waals surface area contributed by atoms with Crippen LogP contribution in [0, 0.1) is 0 Å². The Morgan fingerprint density at radius 3 is 2.35 bits per heavy atom. The van der Waals surface area contributed by atoms with Gasteiger partial charge in [-0.3, -0.25) is 0 Å². The van der Waals surface area contributed by atoms with Crippen molar-refractivity contribution in [3.05, 3.63) is 32.7 Å². The van der Waals surface area contributed by atoms with Crippen LogP contribution in [0.25, 0.3) is 0 Å². The molecule has 5 nitrogen and oxygen atoms in total. The third-order valence-electron chi connectivity index (χ3n) is 3.80. The van der Waals surface area contributed by atoms with Gasteiger partial charge in [0.2, 0.25) is 0 Å². The molecule has 1 aromatic rings. The predicted octanol–water partition coefficient (Wildman–Crippen LogP) is 7.84. The molecule has 1 aromatic carbocycles. The quantitative estimate of drug-likeness (QED) is 0.153. The highest BCUT2D eigenvalue weighted by Gasteiger charge is 2.14. The summed E-state index contributed by atoms with van der Waals surface area (Å²) in [5.74, 6) is 0.924. The summed E-state index contributed by atoms with van der Waals surface area (Å²) in [6.07, 6.45) is 3.81. The van der Waals surface area contributed by atoms with Crippen molar-refractivity contribution in [3.63, 3.8) is 0 Å². The molecule has 0 aliphatic heterocycles. The van der Waals surface area contributed by atoms with Gasteiger partial charge in [0.25, 0.3) is 0 Å². The number of rotatable bonds is 13. The summed E-state index contributed by atoms with van der Waals surface area (Å²) >= 11 is 23.7. The fraction of sp³-hybridized carbons (Fsp3) is 0.591. The van der Waals surface area contributed by atoms with E-state index in [2.05, 4.69) is 5.16 Å². The van der Waals surface area contributed by atoms with Crippen LogP contribution in [0.3, 0.4) is 0 Å². The number of benzene rings is 1. The van der Waals surface area contributed by atoms with E-state index < -0.39 is 0 Å². The lowest BCUT2D eigenvalue weighted by atomic mass is 10.2. The van der Waals surface area contributed by atoms with Gasteiger partial charge in [-0.15, -0.1) is 0 Å². The van der Waals surface area contributed by atoms with Crippen LogP contribution in [0.15, 0.2) is 27.9 Å². The highest BCUT2D eigenvalue weighted by molar-refractivity contribution is 6.55. The molecule has 0 aliphatic rings. The van der Waals surface area contributed by atoms with E-state index in [1.165, 1.54) is 6.08 Å². The van der Waals surface area contributed by atoms with E-state index in [0.29, 0.717) is 34.8 Å². The lowest BCUT2D eigenvalue weighted by molar-refractivity contribution is -0.000957. The van der Waals surface area contributed by atoms with Gasteiger partial charge in [-0.25, -0.2) is 0 Å². The van der Waals surface area contributed by atoms with Gasteiger partial charge in [0.05, 0.1) is 28.5 Å². The van der Waals surface area contributed by atoms with E-state index in [1.54, 1.807) is 12.1 Å². The van der Waals surface area contributed by atoms with E-state index >= 15 is 0 Å². The summed E-state index contributed by atoms with van der Waals surface area (Å²) in [4.78, 5) is 5.45. The van der Waals surface area contributed by atoms with Gasteiger partial charge in [0.15, 0.2) is 5.75 Å². The molecule has 0 saturated heterocycles. The topological polar surface area (TPSA) is 49.3 Å². The first-order chi connectivity index (χ1) is 14.5. The fourth-order valence-electron chi connectivity index (χ4n) is 2.25. The van der Waals surface area contributed by atoms with Crippen LogP contribution < -0.4 is 9.47 Å². The molecule has 0 aromatic heterocycles. The summed E-state index contributed by atoms with van der Waals surface area (Å²) in [6.45, 7) is 11.1. The van der Waals surface area contributed by atoms with E-state index in [9.17, 15) is 0 Å². The zero-order chi connectivity index (χ0) is 23.4. The third kappa shape index (κ3) is 12.7. The predicted molar refractivity (Wildman–Crippen MR) is 130 cm³/mol. The molecule has 31 heavy (non-hydrogen) atoms. The Bertz CT molecular complexity index is 721. The van der Waals surface area contributed by atoms with Gasteiger partial charge < -0.3 is 19.0 Å². The Morgan fingerprint density at radius 1 is 1.16 bits per heavy atom. The second-order valence-corrected chi connectivity index (χ2v) is 9.68. The first-order valence-electron chi connectivity index (χ1n) is 10.1. The molecule has 0 bridgehead atoms. The third-order valence-corrected chi connectivity index (χ3v) is 4.67. The molecule has 0 fully saturated rings. The van der Waals surface area contributed by atoms with Crippen molar-refractivity contribution in [3.8, 4) is 11.5 Å². The highest BCUT2D eigenvalue weighted by atomic mass is 35.5. The average Bonchev–Trinajstić information content (AvgIpc) is 2.65.